The molecule has 0 aliphatic carbocycles. The number of hydrogen-bond donors (Lipinski definition) is 10. The van der Waals surface area contributed by atoms with E-state index in [0.717, 1.165) is 0 Å². The molecule has 0 spiro atoms. The summed E-state index contributed by atoms with van der Waals surface area (Å²) in [6.45, 7) is -1.55. The minimum atomic E-state index is -1.88. The average molecular weight is 474 g/mol. The Morgan fingerprint density at radius 2 is 1.28 bits per heavy atom. The Labute approximate surface area is 181 Å². The molecule has 10 N–H and O–H groups in total. The predicted octanol–water partition coefficient (Wildman–Crippen LogP) is -6.93. The third-order valence-corrected chi connectivity index (χ3v) is 5.68. The zero-order chi connectivity index (χ0) is 23.7. The summed E-state index contributed by atoms with van der Waals surface area (Å²) in [5.41, 5.74) is 0. The normalized spacial score (nSPS) is 52.7. The predicted molar refractivity (Wildman–Crippen MR) is 95.2 cm³/mol. The van der Waals surface area contributed by atoms with Crippen molar-refractivity contribution in [3.05, 3.63) is 0 Å². The van der Waals surface area contributed by atoms with Crippen molar-refractivity contribution in [2.75, 3.05) is 19.8 Å². The van der Waals surface area contributed by atoms with E-state index in [-0.39, 0.29) is 6.61 Å². The van der Waals surface area contributed by atoms with E-state index >= 15 is 0 Å². The zero-order valence-corrected chi connectivity index (χ0v) is 16.7. The number of hydrogen-bond acceptors (Lipinski definition) is 15. The summed E-state index contributed by atoms with van der Waals surface area (Å²) in [5, 5.41) is 98.7. The molecule has 3 aliphatic rings. The van der Waals surface area contributed by atoms with Gasteiger partial charge < -0.3 is 74.7 Å². The van der Waals surface area contributed by atoms with Crippen molar-refractivity contribution in [2.24, 2.45) is 0 Å². The van der Waals surface area contributed by atoms with E-state index in [1.165, 1.54) is 0 Å². The SMILES string of the molecule is OC[C@H]1O[C@@H](O[C@@H]2[C@@H](O)[C@H](O)[C@@H](CO[C@@H]3OC[C@@H](O)[C@H](O)[C@H]3O)O[C@H]2O)[C@H](O)[C@@H](O)[C@@H]1O. The highest BCUT2D eigenvalue weighted by Crippen LogP contribution is 2.29. The van der Waals surface area contributed by atoms with Gasteiger partial charge in [-0.2, -0.15) is 0 Å². The molecule has 32 heavy (non-hydrogen) atoms. The standard InChI is InChI=1S/C17H30O15/c18-1-5-8(21)10(23)13(26)17(31-5)32-14-11(24)9(22)6(30-15(14)27)3-29-16-12(25)7(20)4(19)2-28-16/h4-27H,1-3H2/t4-,5-,6-,7+,8-,9-,10+,11+,12-,13-,14-,15-,16+,17+/m1/s1. The second kappa shape index (κ2) is 10.8. The van der Waals surface area contributed by atoms with Crippen LogP contribution in [0.15, 0.2) is 0 Å². The van der Waals surface area contributed by atoms with Gasteiger partial charge in [0.15, 0.2) is 18.9 Å². The molecule has 0 aromatic rings. The maximum atomic E-state index is 10.4. The highest BCUT2D eigenvalue weighted by atomic mass is 16.7. The molecule has 3 fully saturated rings. The summed E-state index contributed by atoms with van der Waals surface area (Å²) >= 11 is 0. The van der Waals surface area contributed by atoms with Gasteiger partial charge in [-0.3, -0.25) is 0 Å². The molecule has 0 radical (unpaired) electrons. The number of aliphatic hydroxyl groups is 10. The van der Waals surface area contributed by atoms with E-state index in [4.69, 9.17) is 23.7 Å². The third-order valence-electron chi connectivity index (χ3n) is 5.68. The van der Waals surface area contributed by atoms with E-state index in [1.54, 1.807) is 0 Å². The van der Waals surface area contributed by atoms with Gasteiger partial charge in [0.25, 0.3) is 0 Å². The molecule has 0 unspecified atom stereocenters. The number of aliphatic hydroxyl groups excluding tert-OH is 10. The van der Waals surface area contributed by atoms with E-state index in [9.17, 15) is 51.1 Å². The van der Waals surface area contributed by atoms with Crippen LogP contribution in [0.3, 0.4) is 0 Å². The molecule has 3 heterocycles. The van der Waals surface area contributed by atoms with Gasteiger partial charge in [0, 0.05) is 0 Å². The van der Waals surface area contributed by atoms with Crippen LogP contribution in [-0.2, 0) is 23.7 Å². The molecule has 0 aromatic carbocycles. The number of rotatable bonds is 6. The molecule has 3 saturated heterocycles. The fourth-order valence-corrected chi connectivity index (χ4v) is 3.66. The van der Waals surface area contributed by atoms with Gasteiger partial charge in [-0.15, -0.1) is 0 Å². The first kappa shape index (κ1) is 26.0. The monoisotopic (exact) mass is 474 g/mol. The Hall–Kier alpha value is -0.600. The molecule has 3 rings (SSSR count). The largest absolute Gasteiger partial charge is 0.394 e. The van der Waals surface area contributed by atoms with Crippen LogP contribution in [0.1, 0.15) is 0 Å². The Balaban J connectivity index is 1.57. The van der Waals surface area contributed by atoms with Crippen LogP contribution in [0.2, 0.25) is 0 Å². The maximum absolute atomic E-state index is 10.4. The lowest BCUT2D eigenvalue weighted by atomic mass is 9.97. The summed E-state index contributed by atoms with van der Waals surface area (Å²) in [5.74, 6) is 0. The van der Waals surface area contributed by atoms with Crippen molar-refractivity contribution in [3.63, 3.8) is 0 Å². The first-order chi connectivity index (χ1) is 15.1. The van der Waals surface area contributed by atoms with E-state index in [2.05, 4.69) is 0 Å². The first-order valence-corrected chi connectivity index (χ1v) is 9.99. The van der Waals surface area contributed by atoms with E-state index < -0.39 is 99.2 Å². The number of ether oxygens (including phenoxy) is 5. The van der Waals surface area contributed by atoms with Crippen LogP contribution in [-0.4, -0.2) is 157 Å². The van der Waals surface area contributed by atoms with Gasteiger partial charge in [0.05, 0.1) is 19.8 Å². The summed E-state index contributed by atoms with van der Waals surface area (Å²) in [6, 6.07) is 0. The van der Waals surface area contributed by atoms with E-state index in [0.29, 0.717) is 0 Å². The lowest BCUT2D eigenvalue weighted by molar-refractivity contribution is -0.365. The minimum absolute atomic E-state index is 0.322. The molecule has 0 aromatic heterocycles. The Morgan fingerprint density at radius 3 is 1.94 bits per heavy atom. The van der Waals surface area contributed by atoms with Gasteiger partial charge in [0.1, 0.15) is 67.1 Å². The molecule has 14 atom stereocenters. The molecule has 15 nitrogen and oxygen atoms in total. The Bertz CT molecular complexity index is 594. The molecule has 0 saturated carbocycles. The second-order valence-corrected chi connectivity index (χ2v) is 7.93. The summed E-state index contributed by atoms with van der Waals surface area (Å²) in [7, 11) is 0. The van der Waals surface area contributed by atoms with Crippen LogP contribution < -0.4 is 0 Å². The maximum Gasteiger partial charge on any atom is 0.187 e. The first-order valence-electron chi connectivity index (χ1n) is 9.99. The zero-order valence-electron chi connectivity index (χ0n) is 16.7. The Kier molecular flexibility index (Phi) is 8.75. The van der Waals surface area contributed by atoms with Crippen LogP contribution in [0.25, 0.3) is 0 Å². The molecule has 188 valence electrons. The Morgan fingerprint density at radius 1 is 0.656 bits per heavy atom. The fourth-order valence-electron chi connectivity index (χ4n) is 3.66. The molecular formula is C17H30O15. The highest BCUT2D eigenvalue weighted by Gasteiger charge is 2.50. The summed E-state index contributed by atoms with van der Waals surface area (Å²) in [6.07, 6.45) is -22.4. The van der Waals surface area contributed by atoms with Crippen LogP contribution in [0, 0.1) is 0 Å². The van der Waals surface area contributed by atoms with Crippen LogP contribution in [0.4, 0.5) is 0 Å². The van der Waals surface area contributed by atoms with Crippen molar-refractivity contribution >= 4 is 0 Å². The molecule has 0 amide bonds. The lowest BCUT2D eigenvalue weighted by Gasteiger charge is -2.45. The van der Waals surface area contributed by atoms with Crippen molar-refractivity contribution in [2.45, 2.75) is 86.0 Å². The highest BCUT2D eigenvalue weighted by molar-refractivity contribution is 4.93. The van der Waals surface area contributed by atoms with Gasteiger partial charge in [0.2, 0.25) is 0 Å². The van der Waals surface area contributed by atoms with E-state index in [1.807, 2.05) is 0 Å². The van der Waals surface area contributed by atoms with Crippen LogP contribution in [0.5, 0.6) is 0 Å². The van der Waals surface area contributed by atoms with Crippen molar-refractivity contribution in [1.29, 1.82) is 0 Å². The molecular weight excluding hydrogens is 444 g/mol. The molecule has 3 aliphatic heterocycles. The van der Waals surface area contributed by atoms with Crippen LogP contribution >= 0.6 is 0 Å². The quantitative estimate of drug-likeness (QED) is 0.172. The van der Waals surface area contributed by atoms with Crippen molar-refractivity contribution < 1.29 is 74.7 Å². The topological polar surface area (TPSA) is 248 Å². The molecule has 15 heteroatoms. The average Bonchev–Trinajstić information content (AvgIpc) is 2.77. The van der Waals surface area contributed by atoms with Gasteiger partial charge in [-0.25, -0.2) is 0 Å². The smallest absolute Gasteiger partial charge is 0.187 e. The fraction of sp³-hybridized carbons (Fsp3) is 1.00. The molecule has 0 bridgehead atoms. The third kappa shape index (κ3) is 5.22. The summed E-state index contributed by atoms with van der Waals surface area (Å²) in [4.78, 5) is 0. The van der Waals surface area contributed by atoms with Crippen molar-refractivity contribution in [3.8, 4) is 0 Å². The van der Waals surface area contributed by atoms with Gasteiger partial charge in [-0.1, -0.05) is 0 Å². The van der Waals surface area contributed by atoms with Gasteiger partial charge in [-0.05, 0) is 0 Å². The minimum Gasteiger partial charge on any atom is -0.394 e. The van der Waals surface area contributed by atoms with Crippen molar-refractivity contribution in [1.82, 2.24) is 0 Å². The lowest BCUT2D eigenvalue weighted by Crippen LogP contribution is -2.64. The second-order valence-electron chi connectivity index (χ2n) is 7.93. The van der Waals surface area contributed by atoms with Gasteiger partial charge >= 0.3 is 0 Å². The summed E-state index contributed by atoms with van der Waals surface area (Å²) < 4.78 is 25.9.